The Balaban J connectivity index is 2.96. The van der Waals surface area contributed by atoms with Crippen LogP contribution in [-0.2, 0) is 0 Å². The lowest BCUT2D eigenvalue weighted by atomic mass is 10.1. The molecule has 0 atom stereocenters. The van der Waals surface area contributed by atoms with Crippen LogP contribution in [0.4, 0.5) is 5.69 Å². The number of nitro groups is 1. The molecule has 6 heteroatoms. The van der Waals surface area contributed by atoms with Crippen molar-refractivity contribution in [1.29, 1.82) is 0 Å². The monoisotopic (exact) mass is 258 g/mol. The van der Waals surface area contributed by atoms with Crippen molar-refractivity contribution in [3.05, 3.63) is 32.8 Å². The Morgan fingerprint density at radius 3 is 2.59 bits per heavy atom. The molecule has 0 aliphatic carbocycles. The third-order valence-corrected chi connectivity index (χ3v) is 2.34. The molecule has 1 aromatic rings. The minimum Gasteiger partial charge on any atom is -0.491 e. The summed E-state index contributed by atoms with van der Waals surface area (Å²) < 4.78 is 5.48. The number of nitro benzene ring substituents is 1. The Morgan fingerprint density at radius 2 is 2.12 bits per heavy atom. The maximum Gasteiger partial charge on any atom is 0.288 e. The first kappa shape index (κ1) is 13.7. The second kappa shape index (κ2) is 4.89. The second-order valence-corrected chi connectivity index (χ2v) is 5.01. The molecule has 0 saturated heterocycles. The fourth-order valence-electron chi connectivity index (χ4n) is 1.21. The van der Waals surface area contributed by atoms with Crippen LogP contribution in [0, 0.1) is 17.0 Å². The molecule has 5 nitrogen and oxygen atoms in total. The van der Waals surface area contributed by atoms with Gasteiger partial charge in [-0.05, 0) is 26.3 Å². The molecule has 0 aliphatic rings. The molecular weight excluding hydrogens is 244 g/mol. The van der Waals surface area contributed by atoms with Gasteiger partial charge in [0.05, 0.1) is 4.92 Å². The molecule has 0 aliphatic heterocycles. The van der Waals surface area contributed by atoms with E-state index in [9.17, 15) is 10.1 Å². The van der Waals surface area contributed by atoms with Crippen molar-refractivity contribution in [3.8, 4) is 5.75 Å². The average molecular weight is 259 g/mol. The van der Waals surface area contributed by atoms with Gasteiger partial charge in [0, 0.05) is 17.7 Å². The first-order valence-electron chi connectivity index (χ1n) is 5.07. The van der Waals surface area contributed by atoms with Gasteiger partial charge in [-0.1, -0.05) is 11.6 Å². The van der Waals surface area contributed by atoms with Gasteiger partial charge in [-0.15, -0.1) is 0 Å². The molecule has 0 bridgehead atoms. The number of halogens is 1. The molecule has 1 rings (SSSR count). The molecule has 0 unspecified atom stereocenters. The summed E-state index contributed by atoms with van der Waals surface area (Å²) in [4.78, 5) is 10.1. The average Bonchev–Trinajstić information content (AvgIpc) is 2.17. The van der Waals surface area contributed by atoms with Gasteiger partial charge >= 0.3 is 0 Å². The van der Waals surface area contributed by atoms with E-state index in [-0.39, 0.29) is 10.7 Å². The highest BCUT2D eigenvalue weighted by molar-refractivity contribution is 6.32. The lowest BCUT2D eigenvalue weighted by Crippen LogP contribution is -2.38. The van der Waals surface area contributed by atoms with Crippen LogP contribution in [0.1, 0.15) is 19.4 Å². The van der Waals surface area contributed by atoms with Crippen molar-refractivity contribution in [3.63, 3.8) is 0 Å². The van der Waals surface area contributed by atoms with Crippen LogP contribution >= 0.6 is 11.6 Å². The quantitative estimate of drug-likeness (QED) is 0.665. The fourth-order valence-corrected chi connectivity index (χ4v) is 1.43. The van der Waals surface area contributed by atoms with E-state index >= 15 is 0 Å². The third kappa shape index (κ3) is 3.87. The van der Waals surface area contributed by atoms with Crippen LogP contribution in [0.2, 0.25) is 5.02 Å². The van der Waals surface area contributed by atoms with Crippen LogP contribution in [-0.4, -0.2) is 17.1 Å². The van der Waals surface area contributed by atoms with Crippen molar-refractivity contribution >= 4 is 17.3 Å². The summed E-state index contributed by atoms with van der Waals surface area (Å²) >= 11 is 5.79. The predicted octanol–water partition coefficient (Wildman–Crippen LogP) is 2.67. The highest BCUT2D eigenvalue weighted by atomic mass is 35.5. The summed E-state index contributed by atoms with van der Waals surface area (Å²) in [6, 6.07) is 2.84. The van der Waals surface area contributed by atoms with E-state index in [1.165, 1.54) is 12.1 Å². The Hall–Kier alpha value is -1.33. The van der Waals surface area contributed by atoms with E-state index < -0.39 is 10.5 Å². The Morgan fingerprint density at radius 1 is 1.53 bits per heavy atom. The largest absolute Gasteiger partial charge is 0.491 e. The molecule has 2 N–H and O–H groups in total. The molecule has 0 fully saturated rings. The highest BCUT2D eigenvalue weighted by Crippen LogP contribution is 2.32. The molecular formula is C11H15ClN2O3. The van der Waals surface area contributed by atoms with Crippen molar-refractivity contribution in [2.45, 2.75) is 26.3 Å². The van der Waals surface area contributed by atoms with E-state index in [4.69, 9.17) is 22.1 Å². The fraction of sp³-hybridized carbons (Fsp3) is 0.455. The molecule has 1 aromatic carbocycles. The first-order chi connectivity index (χ1) is 7.70. The zero-order valence-electron chi connectivity index (χ0n) is 9.99. The van der Waals surface area contributed by atoms with Crippen LogP contribution < -0.4 is 10.5 Å². The Labute approximate surface area is 105 Å². The lowest BCUT2D eigenvalue weighted by Gasteiger charge is -2.20. The van der Waals surface area contributed by atoms with Crippen molar-refractivity contribution in [2.75, 3.05) is 6.61 Å². The molecule has 0 radical (unpaired) electrons. The van der Waals surface area contributed by atoms with Crippen LogP contribution in [0.25, 0.3) is 0 Å². The molecule has 0 aromatic heterocycles. The van der Waals surface area contributed by atoms with Crippen molar-refractivity contribution in [1.82, 2.24) is 0 Å². The van der Waals surface area contributed by atoms with E-state index in [2.05, 4.69) is 0 Å². The van der Waals surface area contributed by atoms with Gasteiger partial charge in [0.15, 0.2) is 0 Å². The zero-order valence-corrected chi connectivity index (χ0v) is 10.7. The molecule has 0 amide bonds. The predicted molar refractivity (Wildman–Crippen MR) is 66.6 cm³/mol. The maximum atomic E-state index is 10.7. The number of benzene rings is 1. The Kier molecular flexibility index (Phi) is 3.95. The molecule has 0 spiro atoms. The summed E-state index contributed by atoms with van der Waals surface area (Å²) in [7, 11) is 0. The number of nitrogens with zero attached hydrogens (tertiary/aromatic N) is 1. The van der Waals surface area contributed by atoms with E-state index in [0.717, 1.165) is 0 Å². The molecule has 94 valence electrons. The van der Waals surface area contributed by atoms with Crippen LogP contribution in [0.3, 0.4) is 0 Å². The number of hydrogen-bond acceptors (Lipinski definition) is 4. The first-order valence-corrected chi connectivity index (χ1v) is 5.45. The summed E-state index contributed by atoms with van der Waals surface area (Å²) in [6.45, 7) is 5.69. The number of rotatable bonds is 4. The summed E-state index contributed by atoms with van der Waals surface area (Å²) in [6.07, 6.45) is 0. The summed E-state index contributed by atoms with van der Waals surface area (Å²) in [5.74, 6) is 0.513. The van der Waals surface area contributed by atoms with Gasteiger partial charge in [0.2, 0.25) is 0 Å². The Bertz CT molecular complexity index is 441. The molecule has 0 heterocycles. The van der Waals surface area contributed by atoms with Gasteiger partial charge in [0.25, 0.3) is 5.69 Å². The van der Waals surface area contributed by atoms with Gasteiger partial charge in [-0.2, -0.15) is 0 Å². The minimum absolute atomic E-state index is 0.0606. The number of nitrogens with two attached hydrogens (primary N) is 1. The molecule has 0 saturated carbocycles. The zero-order chi connectivity index (χ0) is 13.2. The number of aryl methyl sites for hydroxylation is 1. The number of hydrogen-bond donors (Lipinski definition) is 1. The van der Waals surface area contributed by atoms with Gasteiger partial charge in [-0.3, -0.25) is 10.1 Å². The lowest BCUT2D eigenvalue weighted by molar-refractivity contribution is -0.384. The second-order valence-electron chi connectivity index (χ2n) is 4.60. The van der Waals surface area contributed by atoms with Gasteiger partial charge in [0.1, 0.15) is 17.4 Å². The van der Waals surface area contributed by atoms with Crippen LogP contribution in [0.15, 0.2) is 12.1 Å². The van der Waals surface area contributed by atoms with E-state index in [1.807, 2.05) is 13.8 Å². The smallest absolute Gasteiger partial charge is 0.288 e. The van der Waals surface area contributed by atoms with E-state index in [1.54, 1.807) is 6.92 Å². The minimum atomic E-state index is -0.522. The molecule has 17 heavy (non-hydrogen) atoms. The maximum absolute atomic E-state index is 10.7. The standard InChI is InChI=1S/C11H15ClN2O3/c1-7-4-9(14(15)16)8(12)5-10(7)17-6-11(2,3)13/h4-5H,6,13H2,1-3H3. The normalized spacial score (nSPS) is 11.4. The highest BCUT2D eigenvalue weighted by Gasteiger charge is 2.17. The topological polar surface area (TPSA) is 78.4 Å². The van der Waals surface area contributed by atoms with E-state index in [0.29, 0.717) is 17.9 Å². The van der Waals surface area contributed by atoms with Crippen LogP contribution in [0.5, 0.6) is 5.75 Å². The SMILES string of the molecule is Cc1cc([N+](=O)[O-])c(Cl)cc1OCC(C)(C)N. The number of ether oxygens (including phenoxy) is 1. The van der Waals surface area contributed by atoms with Gasteiger partial charge < -0.3 is 10.5 Å². The summed E-state index contributed by atoms with van der Waals surface area (Å²) in [5.41, 5.74) is 5.85. The van der Waals surface area contributed by atoms with Crippen molar-refractivity contribution in [2.24, 2.45) is 5.73 Å². The third-order valence-electron chi connectivity index (χ3n) is 2.04. The summed E-state index contributed by atoms with van der Waals surface area (Å²) in [5, 5.41) is 10.7. The van der Waals surface area contributed by atoms with Gasteiger partial charge in [-0.25, -0.2) is 0 Å². The van der Waals surface area contributed by atoms with Crippen molar-refractivity contribution < 1.29 is 9.66 Å².